The summed E-state index contributed by atoms with van der Waals surface area (Å²) < 4.78 is 0. The first-order chi connectivity index (χ1) is 8.08. The van der Waals surface area contributed by atoms with Crippen LogP contribution in [0.4, 0.5) is 11.4 Å². The second-order valence-electron chi connectivity index (χ2n) is 4.59. The molecule has 0 atom stereocenters. The van der Waals surface area contributed by atoms with E-state index in [4.69, 9.17) is 5.26 Å². The highest BCUT2D eigenvalue weighted by Crippen LogP contribution is 2.34. The summed E-state index contributed by atoms with van der Waals surface area (Å²) in [5, 5.41) is 21.3. The van der Waals surface area contributed by atoms with Gasteiger partial charge in [-0.3, -0.25) is 0 Å². The zero-order valence-electron chi connectivity index (χ0n) is 9.99. The van der Waals surface area contributed by atoms with Gasteiger partial charge in [-0.15, -0.1) is 0 Å². The Morgan fingerprint density at radius 1 is 1.35 bits per heavy atom. The Hall–Kier alpha value is -2.20. The smallest absolute Gasteiger partial charge is 0.122 e. The first-order valence-corrected chi connectivity index (χ1v) is 5.55. The summed E-state index contributed by atoms with van der Waals surface area (Å²) in [6, 6.07) is 9.95. The van der Waals surface area contributed by atoms with Crippen molar-refractivity contribution in [3.05, 3.63) is 23.8 Å². The van der Waals surface area contributed by atoms with Crippen molar-refractivity contribution in [3.8, 4) is 12.1 Å². The molecule has 0 radical (unpaired) electrons. The van der Waals surface area contributed by atoms with Crippen molar-refractivity contribution in [1.29, 1.82) is 10.5 Å². The standard InChI is InChI=1S/C13H14N4/c1-13(2,9-15)17-6-5-16-11-7-10(8-14)3-4-12(11)17/h3-4,7,16H,5-6H2,1-2H3. The van der Waals surface area contributed by atoms with Gasteiger partial charge in [0.1, 0.15) is 5.54 Å². The number of nitriles is 2. The zero-order chi connectivity index (χ0) is 12.5. The van der Waals surface area contributed by atoms with Crippen LogP contribution in [0.15, 0.2) is 18.2 Å². The number of rotatable bonds is 1. The van der Waals surface area contributed by atoms with Crippen molar-refractivity contribution in [2.45, 2.75) is 19.4 Å². The van der Waals surface area contributed by atoms with Crippen LogP contribution in [0.2, 0.25) is 0 Å². The Kier molecular flexibility index (Phi) is 2.65. The first kappa shape index (κ1) is 11.3. The summed E-state index contributed by atoms with van der Waals surface area (Å²) in [6.45, 7) is 5.38. The third-order valence-corrected chi connectivity index (χ3v) is 3.02. The van der Waals surface area contributed by atoms with Crippen LogP contribution in [-0.4, -0.2) is 18.6 Å². The molecule has 0 saturated heterocycles. The average molecular weight is 226 g/mol. The van der Waals surface area contributed by atoms with Gasteiger partial charge in [-0.2, -0.15) is 10.5 Å². The van der Waals surface area contributed by atoms with Crippen molar-refractivity contribution in [3.63, 3.8) is 0 Å². The minimum Gasteiger partial charge on any atom is -0.382 e. The molecule has 0 saturated carbocycles. The highest BCUT2D eigenvalue weighted by molar-refractivity contribution is 5.75. The number of fused-ring (bicyclic) bond motifs is 1. The summed E-state index contributed by atoms with van der Waals surface area (Å²) in [5.41, 5.74) is 2.01. The highest BCUT2D eigenvalue weighted by Gasteiger charge is 2.30. The number of nitrogens with one attached hydrogen (secondary N) is 1. The molecular weight excluding hydrogens is 212 g/mol. The van der Waals surface area contributed by atoms with Crippen LogP contribution in [-0.2, 0) is 0 Å². The predicted octanol–water partition coefficient (Wildman–Crippen LogP) is 2.09. The van der Waals surface area contributed by atoms with Gasteiger partial charge in [0.25, 0.3) is 0 Å². The van der Waals surface area contributed by atoms with Crippen molar-refractivity contribution in [2.24, 2.45) is 0 Å². The van der Waals surface area contributed by atoms with E-state index < -0.39 is 5.54 Å². The van der Waals surface area contributed by atoms with E-state index >= 15 is 0 Å². The number of hydrogen-bond donors (Lipinski definition) is 1. The first-order valence-electron chi connectivity index (χ1n) is 5.55. The number of hydrogen-bond acceptors (Lipinski definition) is 4. The van der Waals surface area contributed by atoms with Crippen molar-refractivity contribution < 1.29 is 0 Å². The van der Waals surface area contributed by atoms with Crippen LogP contribution in [0.25, 0.3) is 0 Å². The summed E-state index contributed by atoms with van der Waals surface area (Å²) in [5.74, 6) is 0. The molecule has 0 spiro atoms. The normalized spacial score (nSPS) is 14.2. The Bertz CT molecular complexity index is 519. The highest BCUT2D eigenvalue weighted by atomic mass is 15.2. The van der Waals surface area contributed by atoms with Gasteiger partial charge in [-0.25, -0.2) is 0 Å². The molecule has 0 unspecified atom stereocenters. The molecule has 0 fully saturated rings. The second-order valence-corrected chi connectivity index (χ2v) is 4.59. The Morgan fingerprint density at radius 3 is 2.76 bits per heavy atom. The summed E-state index contributed by atoms with van der Waals surface area (Å²) in [7, 11) is 0. The molecule has 2 rings (SSSR count). The zero-order valence-corrected chi connectivity index (χ0v) is 9.99. The maximum Gasteiger partial charge on any atom is 0.122 e. The van der Waals surface area contributed by atoms with Gasteiger partial charge < -0.3 is 10.2 Å². The molecule has 1 aromatic rings. The second kappa shape index (κ2) is 3.99. The van der Waals surface area contributed by atoms with E-state index in [2.05, 4.69) is 22.4 Å². The fraction of sp³-hybridized carbons (Fsp3) is 0.385. The molecular formula is C13H14N4. The molecule has 0 amide bonds. The van der Waals surface area contributed by atoms with E-state index in [0.29, 0.717) is 5.56 Å². The molecule has 0 bridgehead atoms. The van der Waals surface area contributed by atoms with Crippen LogP contribution >= 0.6 is 0 Å². The summed E-state index contributed by atoms with van der Waals surface area (Å²) in [4.78, 5) is 2.07. The lowest BCUT2D eigenvalue weighted by molar-refractivity contribution is 0.572. The molecule has 86 valence electrons. The number of anilines is 2. The summed E-state index contributed by atoms with van der Waals surface area (Å²) >= 11 is 0. The molecule has 4 heteroatoms. The molecule has 17 heavy (non-hydrogen) atoms. The van der Waals surface area contributed by atoms with Gasteiger partial charge in [0, 0.05) is 13.1 Å². The largest absolute Gasteiger partial charge is 0.382 e. The number of nitrogens with zero attached hydrogens (tertiary/aromatic N) is 3. The van der Waals surface area contributed by atoms with Crippen LogP contribution in [0.1, 0.15) is 19.4 Å². The van der Waals surface area contributed by atoms with Gasteiger partial charge in [-0.05, 0) is 32.0 Å². The predicted molar refractivity (Wildman–Crippen MR) is 66.7 cm³/mol. The SMILES string of the molecule is CC(C)(C#N)N1CCNc2cc(C#N)ccc21. The topological polar surface area (TPSA) is 62.9 Å². The van der Waals surface area contributed by atoms with Crippen LogP contribution in [0.5, 0.6) is 0 Å². The van der Waals surface area contributed by atoms with E-state index in [9.17, 15) is 5.26 Å². The third kappa shape index (κ3) is 1.90. The molecule has 1 aliphatic rings. The van der Waals surface area contributed by atoms with E-state index in [1.165, 1.54) is 0 Å². The van der Waals surface area contributed by atoms with E-state index in [0.717, 1.165) is 24.5 Å². The van der Waals surface area contributed by atoms with Crippen LogP contribution in [0, 0.1) is 22.7 Å². The van der Waals surface area contributed by atoms with Crippen LogP contribution < -0.4 is 10.2 Å². The fourth-order valence-corrected chi connectivity index (χ4v) is 2.05. The van der Waals surface area contributed by atoms with Crippen LogP contribution in [0.3, 0.4) is 0 Å². The monoisotopic (exact) mass is 226 g/mol. The average Bonchev–Trinajstić information content (AvgIpc) is 2.37. The van der Waals surface area contributed by atoms with E-state index in [-0.39, 0.29) is 0 Å². The lowest BCUT2D eigenvalue weighted by Gasteiger charge is -2.39. The minimum absolute atomic E-state index is 0.537. The van der Waals surface area contributed by atoms with E-state index in [1.807, 2.05) is 26.0 Å². The third-order valence-electron chi connectivity index (χ3n) is 3.02. The quantitative estimate of drug-likeness (QED) is 0.796. The minimum atomic E-state index is -0.537. The molecule has 1 N–H and O–H groups in total. The van der Waals surface area contributed by atoms with Gasteiger partial charge >= 0.3 is 0 Å². The molecule has 1 heterocycles. The van der Waals surface area contributed by atoms with Gasteiger partial charge in [0.2, 0.25) is 0 Å². The Labute approximate surface area is 101 Å². The molecule has 0 aliphatic carbocycles. The van der Waals surface area contributed by atoms with Gasteiger partial charge in [-0.1, -0.05) is 0 Å². The molecule has 0 aromatic heterocycles. The maximum atomic E-state index is 9.21. The van der Waals surface area contributed by atoms with Gasteiger partial charge in [0.15, 0.2) is 0 Å². The van der Waals surface area contributed by atoms with Gasteiger partial charge in [0.05, 0.1) is 29.1 Å². The Morgan fingerprint density at radius 2 is 2.12 bits per heavy atom. The molecule has 1 aliphatic heterocycles. The maximum absolute atomic E-state index is 9.21. The molecule has 4 nitrogen and oxygen atoms in total. The van der Waals surface area contributed by atoms with Crippen molar-refractivity contribution >= 4 is 11.4 Å². The van der Waals surface area contributed by atoms with Crippen molar-refractivity contribution in [2.75, 3.05) is 23.3 Å². The summed E-state index contributed by atoms with van der Waals surface area (Å²) in [6.07, 6.45) is 0. The lowest BCUT2D eigenvalue weighted by Crippen LogP contribution is -2.47. The Balaban J connectivity index is 2.47. The lowest BCUT2D eigenvalue weighted by atomic mass is 10.0. The van der Waals surface area contributed by atoms with E-state index in [1.54, 1.807) is 6.07 Å². The fourth-order valence-electron chi connectivity index (χ4n) is 2.05. The number of benzene rings is 1. The molecule has 1 aromatic carbocycles. The van der Waals surface area contributed by atoms with Crippen molar-refractivity contribution in [1.82, 2.24) is 0 Å².